The first-order valence-corrected chi connectivity index (χ1v) is 18.3. The van der Waals surface area contributed by atoms with E-state index in [4.69, 9.17) is 0 Å². The average Bonchev–Trinajstić information content (AvgIpc) is 3.56. The molecule has 0 saturated heterocycles. The van der Waals surface area contributed by atoms with Gasteiger partial charge in [0.05, 0.1) is 33.6 Å². The molecule has 0 fully saturated rings. The van der Waals surface area contributed by atoms with E-state index in [9.17, 15) is 24.6 Å². The van der Waals surface area contributed by atoms with E-state index in [0.717, 1.165) is 22.1 Å². The topological polar surface area (TPSA) is 143 Å². The molecule has 250 valence electrons. The van der Waals surface area contributed by atoms with Crippen LogP contribution in [0.1, 0.15) is 61.8 Å². The largest absolute Gasteiger partial charge is 0.424 e. The van der Waals surface area contributed by atoms with Crippen molar-refractivity contribution in [2.45, 2.75) is 50.1 Å². The van der Waals surface area contributed by atoms with Crippen molar-refractivity contribution in [2.24, 2.45) is 0 Å². The second-order valence-corrected chi connectivity index (χ2v) is 17.3. The highest BCUT2D eigenvalue weighted by Gasteiger charge is 2.51. The molecule has 0 saturated carbocycles. The van der Waals surface area contributed by atoms with Crippen molar-refractivity contribution >= 4 is 41.2 Å². The fourth-order valence-electron chi connectivity index (χ4n) is 7.45. The number of hydrogen-bond acceptors (Lipinski definition) is 8. The molecule has 10 nitrogen and oxygen atoms in total. The fraction of sp³-hybridized carbons (Fsp3) is 0.211. The van der Waals surface area contributed by atoms with E-state index in [1.54, 1.807) is 28.8 Å². The first kappa shape index (κ1) is 32.8. The summed E-state index contributed by atoms with van der Waals surface area (Å²) in [6, 6.07) is 31.1. The van der Waals surface area contributed by atoms with E-state index in [1.165, 1.54) is 18.5 Å². The lowest BCUT2D eigenvalue weighted by Gasteiger charge is -2.44. The molecule has 0 spiro atoms. The van der Waals surface area contributed by atoms with Crippen LogP contribution in [0, 0.1) is 27.3 Å². The molecule has 0 bridgehead atoms. The van der Waals surface area contributed by atoms with Crippen molar-refractivity contribution in [1.82, 2.24) is 19.5 Å². The zero-order valence-electron chi connectivity index (χ0n) is 27.5. The van der Waals surface area contributed by atoms with Gasteiger partial charge in [-0.25, -0.2) is 14.4 Å². The van der Waals surface area contributed by atoms with Gasteiger partial charge in [-0.1, -0.05) is 80.6 Å². The number of nitrogens with zero attached hydrogens (tertiary/aromatic N) is 6. The molecule has 0 radical (unpaired) electrons. The van der Waals surface area contributed by atoms with Crippen LogP contribution in [0.15, 0.2) is 110 Å². The molecule has 2 N–H and O–H groups in total. The summed E-state index contributed by atoms with van der Waals surface area (Å²) in [6.45, 7) is 4.25. The Morgan fingerprint density at radius 1 is 1.00 bits per heavy atom. The van der Waals surface area contributed by atoms with Gasteiger partial charge in [-0.2, -0.15) is 10.2 Å². The third-order valence-electron chi connectivity index (χ3n) is 9.94. The monoisotopic (exact) mass is 683 g/mol. The van der Waals surface area contributed by atoms with E-state index in [0.29, 0.717) is 41.4 Å². The molecule has 0 amide bonds. The second-order valence-electron chi connectivity index (χ2n) is 13.4. The maximum Gasteiger partial charge on any atom is 0.329 e. The van der Waals surface area contributed by atoms with Gasteiger partial charge in [-0.05, 0) is 82.1 Å². The van der Waals surface area contributed by atoms with Gasteiger partial charge in [0.1, 0.15) is 18.3 Å². The van der Waals surface area contributed by atoms with E-state index in [-0.39, 0.29) is 23.4 Å². The first-order chi connectivity index (χ1) is 24.1. The lowest BCUT2D eigenvalue weighted by molar-refractivity contribution is -0.384. The zero-order chi connectivity index (χ0) is 35.0. The molecule has 0 aliphatic heterocycles. The number of nitrogens with one attached hydrogen (secondary N) is 1. The second kappa shape index (κ2) is 12.9. The number of aromatic nitrogens is 4. The lowest BCUT2D eigenvalue weighted by atomic mass is 9.76. The van der Waals surface area contributed by atoms with E-state index in [1.807, 2.05) is 60.7 Å². The number of nitriles is 1. The first-order valence-electron chi connectivity index (χ1n) is 16.4. The molecule has 7 rings (SSSR count). The molecule has 1 aliphatic rings. The van der Waals surface area contributed by atoms with Crippen LogP contribution < -0.4 is 15.7 Å². The van der Waals surface area contributed by atoms with Crippen LogP contribution in [0.25, 0.3) is 17.0 Å². The number of halogens is 1. The number of hydrogen-bond donors (Lipinski definition) is 2. The van der Waals surface area contributed by atoms with Crippen molar-refractivity contribution in [3.05, 3.63) is 142 Å². The number of fused-ring (bicyclic) bond motifs is 2. The molecule has 6 aromatic rings. The van der Waals surface area contributed by atoms with Crippen LogP contribution in [0.3, 0.4) is 0 Å². The summed E-state index contributed by atoms with van der Waals surface area (Å²) in [6.07, 6.45) is 4.53. The summed E-state index contributed by atoms with van der Waals surface area (Å²) in [5.41, 5.74) is 2.92. The molecule has 4 aromatic carbocycles. The minimum Gasteiger partial charge on any atom is -0.424 e. The molecular formula is C38H34FN7O3Si. The quantitative estimate of drug-likeness (QED) is 0.0976. The SMILES string of the molecule is CC(C)(C[C@@H]1CC[C@@H](Nc2nc(-n3cnc4ccc(C#N)cc43)ncc2[N+](=O)[O-])c2cc(F)ccc21)[Si](O)(c1ccccc1)c1ccccc1. The van der Waals surface area contributed by atoms with E-state index in [2.05, 4.69) is 40.2 Å². The van der Waals surface area contributed by atoms with Crippen LogP contribution in [-0.2, 0) is 0 Å². The Bertz CT molecular complexity index is 2220. The van der Waals surface area contributed by atoms with E-state index < -0.39 is 30.1 Å². The maximum absolute atomic E-state index is 14.9. The van der Waals surface area contributed by atoms with Gasteiger partial charge in [0.15, 0.2) is 0 Å². The summed E-state index contributed by atoms with van der Waals surface area (Å²) < 4.78 is 16.5. The molecule has 2 atom stereocenters. The van der Waals surface area contributed by atoms with Gasteiger partial charge in [-0.15, -0.1) is 0 Å². The average molecular weight is 684 g/mol. The normalized spacial score (nSPS) is 16.1. The molecular weight excluding hydrogens is 650 g/mol. The highest BCUT2D eigenvalue weighted by molar-refractivity contribution is 6.98. The van der Waals surface area contributed by atoms with Gasteiger partial charge < -0.3 is 10.1 Å². The third-order valence-corrected chi connectivity index (χ3v) is 14.4. The molecule has 0 unspecified atom stereocenters. The Kier molecular flexibility index (Phi) is 8.47. The van der Waals surface area contributed by atoms with E-state index >= 15 is 0 Å². The van der Waals surface area contributed by atoms with Crippen molar-refractivity contribution in [2.75, 3.05) is 5.32 Å². The van der Waals surface area contributed by atoms with Crippen molar-refractivity contribution in [3.8, 4) is 12.0 Å². The Morgan fingerprint density at radius 2 is 1.70 bits per heavy atom. The standard InChI is InChI=1S/C38H34FN7O3Si/c1-38(2,50(49,28-9-5-3-6-10-28)29-11-7-4-8-12-29)21-26-14-18-32(31-20-27(39)15-16-30(26)31)43-36-35(46(47)48)23-41-37(44-36)45-24-42-33-17-13-25(22-40)19-34(33)45/h3-13,15-17,19-20,23-24,26,32,49H,14,18,21H2,1-2H3,(H,41,43,44)/t26-,32+/m0/s1. The highest BCUT2D eigenvalue weighted by atomic mass is 28.4. The van der Waals surface area contributed by atoms with Crippen LogP contribution in [0.4, 0.5) is 15.9 Å². The summed E-state index contributed by atoms with van der Waals surface area (Å²) >= 11 is 0. The highest BCUT2D eigenvalue weighted by Crippen LogP contribution is 2.50. The molecule has 1 aliphatic carbocycles. The van der Waals surface area contributed by atoms with Gasteiger partial charge in [-0.3, -0.25) is 14.7 Å². The Labute approximate surface area is 289 Å². The van der Waals surface area contributed by atoms with Crippen LogP contribution in [0.5, 0.6) is 0 Å². The predicted molar refractivity (Wildman–Crippen MR) is 192 cm³/mol. The van der Waals surface area contributed by atoms with Gasteiger partial charge in [0, 0.05) is 0 Å². The smallest absolute Gasteiger partial charge is 0.329 e. The fourth-order valence-corrected chi connectivity index (χ4v) is 11.2. The number of benzene rings is 4. The van der Waals surface area contributed by atoms with Crippen LogP contribution in [-0.4, -0.2) is 37.6 Å². The van der Waals surface area contributed by atoms with Crippen molar-refractivity contribution in [1.29, 1.82) is 5.26 Å². The van der Waals surface area contributed by atoms with Crippen molar-refractivity contribution < 1.29 is 14.1 Å². The summed E-state index contributed by atoms with van der Waals surface area (Å²) in [7, 11) is -3.31. The zero-order valence-corrected chi connectivity index (χ0v) is 28.5. The van der Waals surface area contributed by atoms with Crippen molar-refractivity contribution in [3.63, 3.8) is 0 Å². The number of rotatable bonds is 9. The Morgan fingerprint density at radius 3 is 2.36 bits per heavy atom. The van der Waals surface area contributed by atoms with Gasteiger partial charge in [0.2, 0.25) is 11.8 Å². The third kappa shape index (κ3) is 5.80. The summed E-state index contributed by atoms with van der Waals surface area (Å²) in [4.78, 5) is 37.6. The van der Waals surface area contributed by atoms with Crippen LogP contribution >= 0.6 is 0 Å². The summed E-state index contributed by atoms with van der Waals surface area (Å²) in [5, 5.41) is 26.1. The molecule has 50 heavy (non-hydrogen) atoms. The Hall–Kier alpha value is -5.77. The predicted octanol–water partition coefficient (Wildman–Crippen LogP) is 6.69. The molecule has 12 heteroatoms. The van der Waals surface area contributed by atoms with Gasteiger partial charge in [0.25, 0.3) is 8.32 Å². The Balaban J connectivity index is 1.24. The number of nitro groups is 1. The lowest BCUT2D eigenvalue weighted by Crippen LogP contribution is -2.65. The minimum absolute atomic E-state index is 0.00677. The van der Waals surface area contributed by atoms with Crippen LogP contribution in [0.2, 0.25) is 5.04 Å². The number of anilines is 1. The summed E-state index contributed by atoms with van der Waals surface area (Å²) in [5.74, 6) is -0.289. The maximum atomic E-state index is 14.9. The minimum atomic E-state index is -3.31. The number of imidazole rings is 1. The van der Waals surface area contributed by atoms with Gasteiger partial charge >= 0.3 is 5.69 Å². The molecule has 2 aromatic heterocycles. The molecule has 2 heterocycles.